The molecule has 9 rings (SSSR count). The topological polar surface area (TPSA) is 0 Å². The van der Waals surface area contributed by atoms with E-state index in [2.05, 4.69) is 167 Å². The normalized spacial score (nSPS) is 18.5. The van der Waals surface area contributed by atoms with E-state index < -0.39 is 25.9 Å². The SMILES string of the molecule is CC1=Cc2c(ccc(C)c2-c2ccccc2)[CH]1[Zr]([Cl])([Cl])([c]1cccc2c1[SiH2]c1ccccc1-2)[CH]1C(C)=Cc2c1ccc(C)c2-c1ccccc1. The van der Waals surface area contributed by atoms with Crippen LogP contribution in [0.25, 0.3) is 45.5 Å². The van der Waals surface area contributed by atoms with Crippen LogP contribution in [0.1, 0.15) is 54.5 Å². The van der Waals surface area contributed by atoms with Gasteiger partial charge in [0.25, 0.3) is 0 Å². The monoisotopic (exact) mass is 779 g/mol. The van der Waals surface area contributed by atoms with Gasteiger partial charge in [-0.1, -0.05) is 0 Å². The number of benzene rings is 6. The number of fused-ring (bicyclic) bond motifs is 5. The molecule has 0 aromatic heterocycles. The van der Waals surface area contributed by atoms with E-state index in [1.165, 1.54) is 91.6 Å². The van der Waals surface area contributed by atoms with Gasteiger partial charge >= 0.3 is 309 Å². The molecule has 0 radical (unpaired) electrons. The van der Waals surface area contributed by atoms with Gasteiger partial charge in [-0.05, 0) is 0 Å². The Balaban J connectivity index is 1.35. The van der Waals surface area contributed by atoms with E-state index in [1.807, 2.05) is 0 Å². The van der Waals surface area contributed by atoms with Crippen LogP contribution in [-0.2, 0) is 16.4 Å². The molecule has 1 aliphatic heterocycles. The van der Waals surface area contributed by atoms with Crippen LogP contribution >= 0.6 is 17.0 Å². The van der Waals surface area contributed by atoms with Crippen LogP contribution < -0.4 is 13.6 Å². The zero-order chi connectivity index (χ0) is 34.4. The van der Waals surface area contributed by atoms with Gasteiger partial charge in [0.1, 0.15) is 0 Å². The maximum atomic E-state index is 9.00. The number of aryl methyl sites for hydroxylation is 2. The van der Waals surface area contributed by atoms with E-state index >= 15 is 0 Å². The van der Waals surface area contributed by atoms with E-state index in [4.69, 9.17) is 17.0 Å². The van der Waals surface area contributed by atoms with Crippen LogP contribution in [0.3, 0.4) is 0 Å². The van der Waals surface area contributed by atoms with Crippen LogP contribution in [0.4, 0.5) is 0 Å². The number of hydrogen-bond acceptors (Lipinski definition) is 0. The second-order valence-corrected chi connectivity index (χ2v) is 37.1. The molecule has 0 bridgehead atoms. The molecular weight excluding hydrogens is 743 g/mol. The van der Waals surface area contributed by atoms with E-state index in [1.54, 1.807) is 0 Å². The van der Waals surface area contributed by atoms with Crippen LogP contribution in [0.15, 0.2) is 139 Å². The third-order valence-corrected chi connectivity index (χ3v) is 35.0. The van der Waals surface area contributed by atoms with Crippen molar-refractivity contribution >= 4 is 52.3 Å². The van der Waals surface area contributed by atoms with Crippen LogP contribution in [0.2, 0.25) is 0 Å². The summed E-state index contributed by atoms with van der Waals surface area (Å²) in [6.45, 7) is 9.05. The van der Waals surface area contributed by atoms with Crippen molar-refractivity contribution < 1.29 is 16.4 Å². The average Bonchev–Trinajstić information content (AvgIpc) is 3.79. The fourth-order valence-corrected chi connectivity index (χ4v) is 38.7. The van der Waals surface area contributed by atoms with E-state index in [0.29, 0.717) is 0 Å². The summed E-state index contributed by atoms with van der Waals surface area (Å²) in [5, 5.41) is 2.94. The van der Waals surface area contributed by atoms with Crippen molar-refractivity contribution in [3.8, 4) is 33.4 Å². The molecule has 4 heteroatoms. The molecule has 0 amide bonds. The first-order valence-electron chi connectivity index (χ1n) is 17.7. The number of halogens is 2. The third-order valence-electron chi connectivity index (χ3n) is 11.8. The van der Waals surface area contributed by atoms with Crippen molar-refractivity contribution in [1.82, 2.24) is 0 Å². The Morgan fingerprint density at radius 3 is 1.52 bits per heavy atom. The molecule has 245 valence electrons. The Labute approximate surface area is 306 Å². The van der Waals surface area contributed by atoms with Crippen molar-refractivity contribution in [2.24, 2.45) is 0 Å². The van der Waals surface area contributed by atoms with Gasteiger partial charge in [0, 0.05) is 0 Å². The van der Waals surface area contributed by atoms with Gasteiger partial charge in [-0.3, -0.25) is 0 Å². The first kappa shape index (κ1) is 32.4. The van der Waals surface area contributed by atoms with Gasteiger partial charge in [0.2, 0.25) is 0 Å². The molecule has 3 aliphatic rings. The van der Waals surface area contributed by atoms with Gasteiger partial charge in [-0.2, -0.15) is 0 Å². The van der Waals surface area contributed by atoms with Crippen LogP contribution in [-0.4, -0.2) is 9.52 Å². The van der Waals surface area contributed by atoms with Crippen LogP contribution in [0.5, 0.6) is 0 Å². The summed E-state index contributed by atoms with van der Waals surface area (Å²) in [7, 11) is 17.2. The quantitative estimate of drug-likeness (QED) is 0.153. The molecule has 0 nitrogen and oxygen atoms in total. The molecule has 6 aromatic carbocycles. The molecule has 0 spiro atoms. The van der Waals surface area contributed by atoms with E-state index in [-0.39, 0.29) is 7.25 Å². The van der Waals surface area contributed by atoms with Crippen molar-refractivity contribution in [3.63, 3.8) is 0 Å². The molecule has 50 heavy (non-hydrogen) atoms. The fourth-order valence-electron chi connectivity index (χ4n) is 9.88. The van der Waals surface area contributed by atoms with Gasteiger partial charge in [-0.15, -0.1) is 0 Å². The second-order valence-electron chi connectivity index (χ2n) is 14.7. The van der Waals surface area contributed by atoms with Gasteiger partial charge in [0.15, 0.2) is 0 Å². The zero-order valence-corrected chi connectivity index (χ0v) is 34.3. The summed E-state index contributed by atoms with van der Waals surface area (Å²) in [4.78, 5) is 0. The van der Waals surface area contributed by atoms with E-state index in [9.17, 15) is 0 Å². The predicted octanol–water partition coefficient (Wildman–Crippen LogP) is 10.7. The van der Waals surface area contributed by atoms with Gasteiger partial charge in [0.05, 0.1) is 0 Å². The second kappa shape index (κ2) is 11.8. The average molecular weight is 782 g/mol. The molecule has 0 saturated heterocycles. The Kier molecular flexibility index (Phi) is 7.62. The summed E-state index contributed by atoms with van der Waals surface area (Å²) >= 11 is -5.43. The molecule has 2 atom stereocenters. The molecule has 2 unspecified atom stereocenters. The Hall–Kier alpha value is -3.52. The summed E-state index contributed by atoms with van der Waals surface area (Å²) in [5.74, 6) is 0. The molecule has 0 N–H and O–H groups in total. The molecule has 6 aromatic rings. The Morgan fingerprint density at radius 2 is 0.980 bits per heavy atom. The fraction of sp³-hybridized carbons (Fsp3) is 0.130. The van der Waals surface area contributed by atoms with Crippen LogP contribution in [0, 0.1) is 13.8 Å². The summed E-state index contributed by atoms with van der Waals surface area (Å²) in [6, 6.07) is 46.8. The van der Waals surface area contributed by atoms with Gasteiger partial charge in [-0.25, -0.2) is 0 Å². The number of allylic oxidation sites excluding steroid dienone is 2. The summed E-state index contributed by atoms with van der Waals surface area (Å²) < 4.78 is 1.11. The summed E-state index contributed by atoms with van der Waals surface area (Å²) in [5.41, 5.74) is 18.0. The predicted molar refractivity (Wildman–Crippen MR) is 217 cm³/mol. The number of hydrogen-bond donors (Lipinski definition) is 0. The standard InChI is InChI=1S/2C17H15.C12H9Si.2ClH.Zr/c2*1-12-10-15-9-8-13(2)17(16(15)11-12)14-6-4-3-5-7-14;1-3-7-11-9(5-1)10-6-2-4-8-12(10)13-11;;;/h2*3-11H,1-2H3;1-7H,13H2;2*1H;/q;;;;;+2/p-2. The number of rotatable bonds is 5. The first-order chi connectivity index (χ1) is 24.2. The van der Waals surface area contributed by atoms with Crippen molar-refractivity contribution in [2.45, 2.75) is 34.9 Å². The zero-order valence-electron chi connectivity index (χ0n) is 28.9. The molecule has 0 fully saturated rings. The Morgan fingerprint density at radius 1 is 0.500 bits per heavy atom. The maximum absolute atomic E-state index is 9.00. The third kappa shape index (κ3) is 4.58. The van der Waals surface area contributed by atoms with Crippen molar-refractivity contribution in [2.75, 3.05) is 0 Å². The molecule has 1 heterocycles. The molecular formula is C46H39Cl2SiZr. The molecule has 0 saturated carbocycles. The Bertz CT molecular complexity index is 2320. The van der Waals surface area contributed by atoms with Crippen molar-refractivity contribution in [3.05, 3.63) is 172 Å². The first-order valence-corrected chi connectivity index (χ1v) is 29.5. The van der Waals surface area contributed by atoms with Gasteiger partial charge < -0.3 is 0 Å². The van der Waals surface area contributed by atoms with E-state index in [0.717, 1.165) is 0 Å². The minimum absolute atomic E-state index is 0.0807. The molecule has 2 aliphatic carbocycles. The van der Waals surface area contributed by atoms with Crippen molar-refractivity contribution in [1.29, 1.82) is 0 Å². The summed E-state index contributed by atoms with van der Waals surface area (Å²) in [6.07, 6.45) is 4.84. The minimum atomic E-state index is -5.43.